The SMILES string of the molecule is C=C/C(=C\C(=C)Cl)CN1CCc2c([nH]n(Cc3cccc(F)c3)c2=O)C1. The van der Waals surface area contributed by atoms with Crippen molar-refractivity contribution in [2.45, 2.75) is 19.5 Å². The van der Waals surface area contributed by atoms with Crippen LogP contribution in [0, 0.1) is 5.82 Å². The van der Waals surface area contributed by atoms with E-state index in [0.717, 1.165) is 28.9 Å². The van der Waals surface area contributed by atoms with Crippen LogP contribution in [0.4, 0.5) is 4.39 Å². The van der Waals surface area contributed by atoms with E-state index in [4.69, 9.17) is 11.6 Å². The zero-order valence-corrected chi connectivity index (χ0v) is 15.2. The van der Waals surface area contributed by atoms with Gasteiger partial charge in [-0.15, -0.1) is 0 Å². The first kappa shape index (κ1) is 18.4. The van der Waals surface area contributed by atoms with Crippen LogP contribution >= 0.6 is 11.6 Å². The molecule has 1 aliphatic rings. The van der Waals surface area contributed by atoms with Gasteiger partial charge in [0.25, 0.3) is 5.56 Å². The predicted molar refractivity (Wildman–Crippen MR) is 103 cm³/mol. The molecule has 0 fully saturated rings. The van der Waals surface area contributed by atoms with Crippen LogP contribution in [0.1, 0.15) is 16.8 Å². The Balaban J connectivity index is 1.77. The molecule has 0 amide bonds. The lowest BCUT2D eigenvalue weighted by Gasteiger charge is -2.26. The highest BCUT2D eigenvalue weighted by molar-refractivity contribution is 6.30. The first-order chi connectivity index (χ1) is 12.5. The fourth-order valence-corrected chi connectivity index (χ4v) is 3.37. The Hall–Kier alpha value is -2.37. The van der Waals surface area contributed by atoms with Gasteiger partial charge < -0.3 is 0 Å². The zero-order chi connectivity index (χ0) is 18.7. The minimum atomic E-state index is -0.303. The minimum absolute atomic E-state index is 0.0301. The molecule has 3 rings (SSSR count). The van der Waals surface area contributed by atoms with Crippen molar-refractivity contribution in [2.75, 3.05) is 13.1 Å². The maximum Gasteiger partial charge on any atom is 0.270 e. The second kappa shape index (κ2) is 7.89. The summed E-state index contributed by atoms with van der Waals surface area (Å²) in [5.41, 5.74) is 3.42. The van der Waals surface area contributed by atoms with Crippen LogP contribution < -0.4 is 5.56 Å². The van der Waals surface area contributed by atoms with Gasteiger partial charge in [0.1, 0.15) is 5.82 Å². The molecule has 0 spiro atoms. The average molecular weight is 374 g/mol. The third-order valence-corrected chi connectivity index (χ3v) is 4.55. The summed E-state index contributed by atoms with van der Waals surface area (Å²) in [4.78, 5) is 14.8. The molecule has 0 aliphatic carbocycles. The number of benzene rings is 1. The summed E-state index contributed by atoms with van der Waals surface area (Å²) in [6.07, 6.45) is 4.23. The molecule has 26 heavy (non-hydrogen) atoms. The quantitative estimate of drug-likeness (QED) is 0.786. The van der Waals surface area contributed by atoms with Crippen molar-refractivity contribution in [1.29, 1.82) is 0 Å². The first-order valence-electron chi connectivity index (χ1n) is 8.41. The summed E-state index contributed by atoms with van der Waals surface area (Å²) in [6.45, 7) is 9.92. The predicted octanol–water partition coefficient (Wildman–Crippen LogP) is 3.59. The number of nitrogens with one attached hydrogen (secondary N) is 1. The van der Waals surface area contributed by atoms with Crippen molar-refractivity contribution in [3.05, 3.63) is 93.2 Å². The van der Waals surface area contributed by atoms with Crippen LogP contribution in [0.15, 0.2) is 65.0 Å². The molecule has 4 nitrogen and oxygen atoms in total. The van der Waals surface area contributed by atoms with E-state index in [2.05, 4.69) is 23.2 Å². The molecule has 0 bridgehead atoms. The number of H-pyrrole nitrogens is 1. The van der Waals surface area contributed by atoms with Crippen molar-refractivity contribution in [3.63, 3.8) is 0 Å². The number of allylic oxidation sites excluding steroid dienone is 2. The van der Waals surface area contributed by atoms with E-state index in [9.17, 15) is 9.18 Å². The summed E-state index contributed by atoms with van der Waals surface area (Å²) in [6, 6.07) is 6.29. The Morgan fingerprint density at radius 1 is 1.42 bits per heavy atom. The molecule has 1 aromatic heterocycles. The normalized spacial score (nSPS) is 14.9. The molecule has 2 aromatic rings. The van der Waals surface area contributed by atoms with Crippen molar-refractivity contribution in [2.24, 2.45) is 0 Å². The highest BCUT2D eigenvalue weighted by Crippen LogP contribution is 2.17. The van der Waals surface area contributed by atoms with E-state index in [1.54, 1.807) is 22.9 Å². The fraction of sp³-hybridized carbons (Fsp3) is 0.250. The first-order valence-corrected chi connectivity index (χ1v) is 8.79. The Kier molecular flexibility index (Phi) is 5.59. The molecule has 0 radical (unpaired) electrons. The van der Waals surface area contributed by atoms with Gasteiger partial charge in [0.15, 0.2) is 0 Å². The van der Waals surface area contributed by atoms with Crippen LogP contribution in [-0.2, 0) is 19.5 Å². The second-order valence-electron chi connectivity index (χ2n) is 6.42. The molecular formula is C20H21ClFN3O. The number of fused-ring (bicyclic) bond motifs is 1. The molecule has 6 heteroatoms. The number of aromatic amines is 1. The smallest absolute Gasteiger partial charge is 0.270 e. The number of aromatic nitrogens is 2. The number of hydrogen-bond donors (Lipinski definition) is 1. The fourth-order valence-electron chi connectivity index (χ4n) is 3.23. The molecular weight excluding hydrogens is 353 g/mol. The standard InChI is InChI=1S/C20H21ClFN3O/c1-3-15(9-14(2)21)11-24-8-7-18-19(13-24)23-25(20(18)26)12-16-5-4-6-17(22)10-16/h3-6,9-10,23H,1-2,7-8,11-13H2/b15-9+. The number of nitrogens with zero attached hydrogens (tertiary/aromatic N) is 2. The monoisotopic (exact) mass is 373 g/mol. The Morgan fingerprint density at radius 3 is 2.92 bits per heavy atom. The lowest BCUT2D eigenvalue weighted by molar-refractivity contribution is 0.273. The van der Waals surface area contributed by atoms with Gasteiger partial charge in [-0.3, -0.25) is 14.8 Å². The third kappa shape index (κ3) is 4.23. The second-order valence-corrected chi connectivity index (χ2v) is 6.91. The molecule has 0 saturated heterocycles. The molecule has 0 unspecified atom stereocenters. The van der Waals surface area contributed by atoms with Gasteiger partial charge in [-0.2, -0.15) is 0 Å². The van der Waals surface area contributed by atoms with E-state index in [0.29, 0.717) is 31.1 Å². The van der Waals surface area contributed by atoms with Crippen LogP contribution in [0.25, 0.3) is 0 Å². The molecule has 0 saturated carbocycles. The van der Waals surface area contributed by atoms with Crippen molar-refractivity contribution in [1.82, 2.24) is 14.7 Å². The van der Waals surface area contributed by atoms with Crippen molar-refractivity contribution >= 4 is 11.6 Å². The number of halogens is 2. The molecule has 136 valence electrons. The highest BCUT2D eigenvalue weighted by Gasteiger charge is 2.22. The molecule has 2 heterocycles. The maximum atomic E-state index is 13.4. The van der Waals surface area contributed by atoms with E-state index in [1.165, 1.54) is 12.1 Å². The van der Waals surface area contributed by atoms with E-state index >= 15 is 0 Å². The van der Waals surface area contributed by atoms with Crippen molar-refractivity contribution in [3.8, 4) is 0 Å². The summed E-state index contributed by atoms with van der Waals surface area (Å²) in [5.74, 6) is -0.303. The highest BCUT2D eigenvalue weighted by atomic mass is 35.5. The van der Waals surface area contributed by atoms with Crippen LogP contribution in [0.5, 0.6) is 0 Å². The molecule has 1 N–H and O–H groups in total. The Bertz CT molecular complexity index is 925. The Labute approximate surface area is 156 Å². The van der Waals surface area contributed by atoms with Crippen molar-refractivity contribution < 1.29 is 4.39 Å². The van der Waals surface area contributed by atoms with Gasteiger partial charge in [0, 0.05) is 30.2 Å². The molecule has 1 aromatic carbocycles. The van der Waals surface area contributed by atoms with Gasteiger partial charge in [-0.1, -0.05) is 43.0 Å². The van der Waals surface area contributed by atoms with E-state index in [1.807, 2.05) is 6.07 Å². The lowest BCUT2D eigenvalue weighted by Crippen LogP contribution is -2.33. The van der Waals surface area contributed by atoms with Gasteiger partial charge in [0.05, 0.1) is 12.2 Å². The molecule has 0 atom stereocenters. The average Bonchev–Trinajstić information content (AvgIpc) is 2.89. The van der Waals surface area contributed by atoms with Gasteiger partial charge in [0.2, 0.25) is 0 Å². The summed E-state index contributed by atoms with van der Waals surface area (Å²) < 4.78 is 14.9. The van der Waals surface area contributed by atoms with Crippen LogP contribution in [0.3, 0.4) is 0 Å². The Morgan fingerprint density at radius 2 is 2.23 bits per heavy atom. The van der Waals surface area contributed by atoms with Gasteiger partial charge in [-0.25, -0.2) is 9.07 Å². The van der Waals surface area contributed by atoms with Crippen LogP contribution in [-0.4, -0.2) is 27.8 Å². The third-order valence-electron chi connectivity index (χ3n) is 4.44. The maximum absolute atomic E-state index is 13.4. The zero-order valence-electron chi connectivity index (χ0n) is 14.5. The summed E-state index contributed by atoms with van der Waals surface area (Å²) in [5, 5.41) is 3.65. The van der Waals surface area contributed by atoms with Gasteiger partial charge >= 0.3 is 0 Å². The summed E-state index contributed by atoms with van der Waals surface area (Å²) in [7, 11) is 0. The lowest BCUT2D eigenvalue weighted by atomic mass is 10.1. The summed E-state index contributed by atoms with van der Waals surface area (Å²) >= 11 is 5.85. The molecule has 1 aliphatic heterocycles. The number of hydrogen-bond acceptors (Lipinski definition) is 2. The van der Waals surface area contributed by atoms with Gasteiger partial charge in [-0.05, 0) is 35.8 Å². The minimum Gasteiger partial charge on any atom is -0.298 e. The largest absolute Gasteiger partial charge is 0.298 e. The van der Waals surface area contributed by atoms with E-state index < -0.39 is 0 Å². The topological polar surface area (TPSA) is 41.0 Å². The number of rotatable bonds is 6. The van der Waals surface area contributed by atoms with Crippen LogP contribution in [0.2, 0.25) is 0 Å². The van der Waals surface area contributed by atoms with E-state index in [-0.39, 0.29) is 11.4 Å².